The number of thiophene rings is 1. The molecule has 1 N–H and O–H groups in total. The summed E-state index contributed by atoms with van der Waals surface area (Å²) in [5.41, 5.74) is 0.122. The summed E-state index contributed by atoms with van der Waals surface area (Å²) in [6, 6.07) is 7.25. The molecule has 0 unspecified atom stereocenters. The van der Waals surface area contributed by atoms with Crippen molar-refractivity contribution in [2.75, 3.05) is 5.32 Å². The SMILES string of the molecule is O=C(CCC(=O)c1cccs1)Nc1ccc([N+](=O)[O-])cc1Cl. The van der Waals surface area contributed by atoms with E-state index in [-0.39, 0.29) is 40.9 Å². The molecule has 0 bridgehead atoms. The molecule has 0 atom stereocenters. The van der Waals surface area contributed by atoms with Crippen LogP contribution in [0.1, 0.15) is 22.5 Å². The Balaban J connectivity index is 1.92. The molecule has 0 fully saturated rings. The fourth-order valence-electron chi connectivity index (χ4n) is 1.72. The highest BCUT2D eigenvalue weighted by Gasteiger charge is 2.13. The molecular formula is C14H11ClN2O4S. The van der Waals surface area contributed by atoms with E-state index in [9.17, 15) is 19.7 Å². The summed E-state index contributed by atoms with van der Waals surface area (Å²) in [5, 5.41) is 15.0. The summed E-state index contributed by atoms with van der Waals surface area (Å²) in [6.07, 6.45) is 0.112. The second-order valence-electron chi connectivity index (χ2n) is 4.37. The van der Waals surface area contributed by atoms with Crippen LogP contribution in [0.2, 0.25) is 5.02 Å². The van der Waals surface area contributed by atoms with Crippen molar-refractivity contribution >= 4 is 46.0 Å². The van der Waals surface area contributed by atoms with E-state index in [0.717, 1.165) is 6.07 Å². The Kier molecular flexibility index (Phi) is 5.24. The summed E-state index contributed by atoms with van der Waals surface area (Å²) in [6.45, 7) is 0. The van der Waals surface area contributed by atoms with Gasteiger partial charge >= 0.3 is 0 Å². The highest BCUT2D eigenvalue weighted by atomic mass is 35.5. The summed E-state index contributed by atoms with van der Waals surface area (Å²) in [5.74, 6) is -0.472. The minimum Gasteiger partial charge on any atom is -0.325 e. The van der Waals surface area contributed by atoms with E-state index in [1.54, 1.807) is 17.5 Å². The van der Waals surface area contributed by atoms with Gasteiger partial charge in [0, 0.05) is 25.0 Å². The van der Waals surface area contributed by atoms with Crippen molar-refractivity contribution in [1.29, 1.82) is 0 Å². The predicted molar refractivity (Wildman–Crippen MR) is 84.6 cm³/mol. The maximum Gasteiger partial charge on any atom is 0.271 e. The van der Waals surface area contributed by atoms with Crippen LogP contribution in [0.3, 0.4) is 0 Å². The standard InChI is InChI=1S/C14H11ClN2O4S/c15-10-8-9(17(20)21)3-4-11(10)16-14(19)6-5-12(18)13-2-1-7-22-13/h1-4,7-8H,5-6H2,(H,16,19). The molecule has 6 nitrogen and oxygen atoms in total. The zero-order valence-corrected chi connectivity index (χ0v) is 12.8. The van der Waals surface area contributed by atoms with Crippen LogP contribution in [0, 0.1) is 10.1 Å². The van der Waals surface area contributed by atoms with Gasteiger partial charge in [0.1, 0.15) is 0 Å². The van der Waals surface area contributed by atoms with E-state index in [1.165, 1.54) is 23.5 Å². The Hall–Kier alpha value is -2.25. The van der Waals surface area contributed by atoms with Crippen LogP contribution in [0.15, 0.2) is 35.7 Å². The number of halogens is 1. The molecule has 0 saturated heterocycles. The number of rotatable bonds is 6. The van der Waals surface area contributed by atoms with Crippen molar-refractivity contribution in [3.8, 4) is 0 Å². The first kappa shape index (κ1) is 16.1. The maximum atomic E-state index is 11.8. The van der Waals surface area contributed by atoms with Gasteiger partial charge in [0.2, 0.25) is 5.91 Å². The Labute approximate surface area is 134 Å². The van der Waals surface area contributed by atoms with Crippen molar-refractivity contribution in [1.82, 2.24) is 0 Å². The predicted octanol–water partition coefficient (Wildman–Crippen LogP) is 3.91. The second kappa shape index (κ2) is 7.15. The zero-order valence-electron chi connectivity index (χ0n) is 11.2. The molecule has 0 saturated carbocycles. The molecule has 0 radical (unpaired) electrons. The topological polar surface area (TPSA) is 89.3 Å². The van der Waals surface area contributed by atoms with E-state index in [4.69, 9.17) is 11.6 Å². The van der Waals surface area contributed by atoms with E-state index < -0.39 is 4.92 Å². The van der Waals surface area contributed by atoms with Gasteiger partial charge in [0.05, 0.1) is 20.5 Å². The number of carbonyl (C=O) groups excluding carboxylic acids is 2. The minimum atomic E-state index is -0.572. The molecule has 1 aromatic carbocycles. The van der Waals surface area contributed by atoms with Crippen LogP contribution in [-0.2, 0) is 4.79 Å². The quantitative estimate of drug-likeness (QED) is 0.491. The van der Waals surface area contributed by atoms with Crippen molar-refractivity contribution in [2.24, 2.45) is 0 Å². The number of non-ortho nitro benzene ring substituents is 1. The van der Waals surface area contributed by atoms with Crippen LogP contribution in [0.25, 0.3) is 0 Å². The van der Waals surface area contributed by atoms with Gasteiger partial charge in [-0.2, -0.15) is 0 Å². The molecule has 22 heavy (non-hydrogen) atoms. The van der Waals surface area contributed by atoms with E-state index in [1.807, 2.05) is 0 Å². The highest BCUT2D eigenvalue weighted by molar-refractivity contribution is 7.12. The number of nitrogens with one attached hydrogen (secondary N) is 1. The monoisotopic (exact) mass is 338 g/mol. The maximum absolute atomic E-state index is 11.8. The van der Waals surface area contributed by atoms with Crippen molar-refractivity contribution in [2.45, 2.75) is 12.8 Å². The van der Waals surface area contributed by atoms with Gasteiger partial charge in [-0.1, -0.05) is 17.7 Å². The van der Waals surface area contributed by atoms with Gasteiger partial charge in [-0.05, 0) is 17.5 Å². The number of anilines is 1. The van der Waals surface area contributed by atoms with Gasteiger partial charge in [-0.25, -0.2) is 0 Å². The fourth-order valence-corrected chi connectivity index (χ4v) is 2.64. The first-order valence-electron chi connectivity index (χ1n) is 6.28. The average Bonchev–Trinajstić information content (AvgIpc) is 3.01. The minimum absolute atomic E-state index is 0.0179. The number of hydrogen-bond acceptors (Lipinski definition) is 5. The van der Waals surface area contributed by atoms with E-state index in [0.29, 0.717) is 4.88 Å². The van der Waals surface area contributed by atoms with E-state index in [2.05, 4.69) is 5.32 Å². The third-order valence-corrected chi connectivity index (χ3v) is 4.04. The second-order valence-corrected chi connectivity index (χ2v) is 5.72. The highest BCUT2D eigenvalue weighted by Crippen LogP contribution is 2.26. The summed E-state index contributed by atoms with van der Waals surface area (Å²) in [4.78, 5) is 34.2. The Morgan fingerprint density at radius 2 is 2.05 bits per heavy atom. The fraction of sp³-hybridized carbons (Fsp3) is 0.143. The summed E-state index contributed by atoms with van der Waals surface area (Å²) >= 11 is 7.20. The Bertz CT molecular complexity index is 716. The third kappa shape index (κ3) is 4.12. The number of Topliss-reactive ketones (excluding diaryl/α,β-unsaturated/α-hetero) is 1. The molecule has 1 amide bonds. The summed E-state index contributed by atoms with van der Waals surface area (Å²) in [7, 11) is 0. The Morgan fingerprint density at radius 3 is 2.64 bits per heavy atom. The number of carbonyl (C=O) groups is 2. The van der Waals surface area contributed by atoms with Gasteiger partial charge in [-0.3, -0.25) is 19.7 Å². The van der Waals surface area contributed by atoms with Crippen molar-refractivity contribution < 1.29 is 14.5 Å². The largest absolute Gasteiger partial charge is 0.325 e. The molecule has 8 heteroatoms. The lowest BCUT2D eigenvalue weighted by molar-refractivity contribution is -0.384. The lowest BCUT2D eigenvalue weighted by Crippen LogP contribution is -2.13. The molecule has 2 rings (SSSR count). The number of ketones is 1. The lowest BCUT2D eigenvalue weighted by atomic mass is 10.2. The third-order valence-electron chi connectivity index (χ3n) is 2.81. The van der Waals surface area contributed by atoms with Crippen LogP contribution in [0.5, 0.6) is 0 Å². The van der Waals surface area contributed by atoms with Gasteiger partial charge in [0.25, 0.3) is 5.69 Å². The number of nitrogens with zero attached hydrogens (tertiary/aromatic N) is 1. The number of nitro groups is 1. The first-order valence-corrected chi connectivity index (χ1v) is 7.53. The molecule has 0 aliphatic rings. The number of benzene rings is 1. The van der Waals surface area contributed by atoms with Crippen LogP contribution < -0.4 is 5.32 Å². The normalized spacial score (nSPS) is 10.2. The van der Waals surface area contributed by atoms with Gasteiger partial charge in [-0.15, -0.1) is 11.3 Å². The molecule has 0 aliphatic heterocycles. The van der Waals surface area contributed by atoms with Crippen molar-refractivity contribution in [3.63, 3.8) is 0 Å². The number of hydrogen-bond donors (Lipinski definition) is 1. The molecule has 1 aromatic heterocycles. The van der Waals surface area contributed by atoms with Gasteiger partial charge < -0.3 is 5.32 Å². The molecule has 1 heterocycles. The van der Waals surface area contributed by atoms with Crippen LogP contribution in [-0.4, -0.2) is 16.6 Å². The van der Waals surface area contributed by atoms with E-state index >= 15 is 0 Å². The van der Waals surface area contributed by atoms with Gasteiger partial charge in [0.15, 0.2) is 5.78 Å². The molecule has 114 valence electrons. The van der Waals surface area contributed by atoms with Crippen LogP contribution in [0.4, 0.5) is 11.4 Å². The molecule has 0 spiro atoms. The van der Waals surface area contributed by atoms with Crippen LogP contribution >= 0.6 is 22.9 Å². The lowest BCUT2D eigenvalue weighted by Gasteiger charge is -2.06. The molecule has 2 aromatic rings. The number of nitro benzene ring substituents is 1. The number of amides is 1. The van der Waals surface area contributed by atoms with Crippen molar-refractivity contribution in [3.05, 3.63) is 55.7 Å². The molecule has 0 aliphatic carbocycles. The summed E-state index contributed by atoms with van der Waals surface area (Å²) < 4.78 is 0. The first-order chi connectivity index (χ1) is 10.5. The smallest absolute Gasteiger partial charge is 0.271 e. The Morgan fingerprint density at radius 1 is 1.27 bits per heavy atom. The average molecular weight is 339 g/mol. The molecular weight excluding hydrogens is 328 g/mol. The zero-order chi connectivity index (χ0) is 16.1.